The molecule has 2 N–H and O–H groups in total. The number of rotatable bonds is 5. The molecule has 0 aromatic heterocycles. The second-order valence-electron chi connectivity index (χ2n) is 5.71. The normalized spacial score (nSPS) is 24.5. The molecule has 2 unspecified atom stereocenters. The van der Waals surface area contributed by atoms with Gasteiger partial charge in [-0.3, -0.25) is 4.99 Å². The van der Waals surface area contributed by atoms with Crippen molar-refractivity contribution in [3.8, 4) is 0 Å². The Morgan fingerprint density at radius 1 is 1.32 bits per heavy atom. The van der Waals surface area contributed by atoms with Crippen LogP contribution in [0.2, 0.25) is 0 Å². The molecule has 19 heavy (non-hydrogen) atoms. The minimum atomic E-state index is -2.80. The van der Waals surface area contributed by atoms with Crippen LogP contribution < -0.4 is 10.6 Å². The van der Waals surface area contributed by atoms with Crippen LogP contribution in [-0.4, -0.2) is 44.5 Å². The highest BCUT2D eigenvalue weighted by molar-refractivity contribution is 7.91. The van der Waals surface area contributed by atoms with Crippen molar-refractivity contribution in [2.75, 3.05) is 18.1 Å². The number of hydrogen-bond acceptors (Lipinski definition) is 3. The predicted molar refractivity (Wildman–Crippen MR) is 80.2 cm³/mol. The fourth-order valence-corrected chi connectivity index (χ4v) is 3.83. The first-order chi connectivity index (χ1) is 8.82. The molecule has 0 bridgehead atoms. The lowest BCUT2D eigenvalue weighted by Gasteiger charge is -2.19. The lowest BCUT2D eigenvalue weighted by molar-refractivity contribution is 0.577. The third-order valence-corrected chi connectivity index (χ3v) is 5.09. The van der Waals surface area contributed by atoms with Crippen LogP contribution >= 0.6 is 0 Å². The van der Waals surface area contributed by atoms with Gasteiger partial charge < -0.3 is 10.6 Å². The Labute approximate surface area is 117 Å². The first-order valence-electron chi connectivity index (χ1n) is 7.10. The van der Waals surface area contributed by atoms with Gasteiger partial charge in [-0.25, -0.2) is 8.42 Å². The quantitative estimate of drug-likeness (QED) is 0.588. The fraction of sp³-hybridized carbons (Fsp3) is 0.923. The molecule has 1 aliphatic rings. The van der Waals surface area contributed by atoms with Crippen LogP contribution in [0, 0.1) is 5.92 Å². The number of hydrogen-bond donors (Lipinski definition) is 2. The SMILES string of the molecule is CCC(C)NC(=NCC1CCS(=O)(=O)C1)NC(C)C. The summed E-state index contributed by atoms with van der Waals surface area (Å²) in [6.45, 7) is 8.94. The summed E-state index contributed by atoms with van der Waals surface area (Å²) < 4.78 is 22.8. The van der Waals surface area contributed by atoms with E-state index in [0.29, 0.717) is 24.4 Å². The maximum Gasteiger partial charge on any atom is 0.191 e. The molecule has 0 aromatic rings. The first kappa shape index (κ1) is 16.3. The van der Waals surface area contributed by atoms with Gasteiger partial charge in [0.15, 0.2) is 15.8 Å². The third-order valence-electron chi connectivity index (χ3n) is 3.26. The molecule has 1 heterocycles. The summed E-state index contributed by atoms with van der Waals surface area (Å²) in [4.78, 5) is 4.53. The van der Waals surface area contributed by atoms with Crippen LogP contribution in [0.25, 0.3) is 0 Å². The zero-order valence-corrected chi connectivity index (χ0v) is 13.3. The molecular weight excluding hydrogens is 262 g/mol. The van der Waals surface area contributed by atoms with E-state index in [1.807, 2.05) is 0 Å². The molecule has 0 aliphatic carbocycles. The minimum absolute atomic E-state index is 0.174. The van der Waals surface area contributed by atoms with E-state index in [4.69, 9.17) is 0 Å². The van der Waals surface area contributed by atoms with Gasteiger partial charge in [-0.2, -0.15) is 0 Å². The number of aliphatic imine (C=N–C) groups is 1. The Bertz CT molecular complexity index is 404. The molecule has 0 spiro atoms. The number of nitrogens with zero attached hydrogens (tertiary/aromatic N) is 1. The van der Waals surface area contributed by atoms with Gasteiger partial charge in [0.2, 0.25) is 0 Å². The molecule has 6 heteroatoms. The summed E-state index contributed by atoms with van der Waals surface area (Å²) in [6.07, 6.45) is 1.76. The zero-order valence-electron chi connectivity index (χ0n) is 12.4. The van der Waals surface area contributed by atoms with Crippen LogP contribution in [0.15, 0.2) is 4.99 Å². The van der Waals surface area contributed by atoms with Crippen molar-refractivity contribution in [2.24, 2.45) is 10.9 Å². The standard InChI is InChI=1S/C13H27N3O2S/c1-5-11(4)16-13(15-10(2)3)14-8-12-6-7-19(17,18)9-12/h10-12H,5-9H2,1-4H3,(H2,14,15,16). The first-order valence-corrected chi connectivity index (χ1v) is 8.92. The van der Waals surface area contributed by atoms with Crippen LogP contribution in [0.1, 0.15) is 40.5 Å². The van der Waals surface area contributed by atoms with Crippen molar-refractivity contribution < 1.29 is 8.42 Å². The van der Waals surface area contributed by atoms with Gasteiger partial charge in [0, 0.05) is 18.6 Å². The van der Waals surface area contributed by atoms with Gasteiger partial charge in [0.25, 0.3) is 0 Å². The van der Waals surface area contributed by atoms with Gasteiger partial charge in [-0.1, -0.05) is 6.92 Å². The topological polar surface area (TPSA) is 70.6 Å². The number of sulfone groups is 1. The Balaban J connectivity index is 2.56. The highest BCUT2D eigenvalue weighted by atomic mass is 32.2. The Morgan fingerprint density at radius 3 is 2.47 bits per heavy atom. The lowest BCUT2D eigenvalue weighted by atomic mass is 10.1. The largest absolute Gasteiger partial charge is 0.354 e. The van der Waals surface area contributed by atoms with Crippen molar-refractivity contribution >= 4 is 15.8 Å². The molecular formula is C13H27N3O2S. The average molecular weight is 289 g/mol. The molecule has 1 rings (SSSR count). The van der Waals surface area contributed by atoms with E-state index < -0.39 is 9.84 Å². The second-order valence-corrected chi connectivity index (χ2v) is 7.94. The van der Waals surface area contributed by atoms with E-state index in [0.717, 1.165) is 18.8 Å². The summed E-state index contributed by atoms with van der Waals surface area (Å²) in [6, 6.07) is 0.667. The highest BCUT2D eigenvalue weighted by Crippen LogP contribution is 2.18. The van der Waals surface area contributed by atoms with E-state index >= 15 is 0 Å². The van der Waals surface area contributed by atoms with Crippen molar-refractivity contribution in [3.05, 3.63) is 0 Å². The van der Waals surface area contributed by atoms with Crippen LogP contribution in [0.4, 0.5) is 0 Å². The number of guanidine groups is 1. The van der Waals surface area contributed by atoms with Gasteiger partial charge in [-0.15, -0.1) is 0 Å². The summed E-state index contributed by atoms with van der Waals surface area (Å²) in [5.74, 6) is 1.56. The Morgan fingerprint density at radius 2 is 2.00 bits per heavy atom. The summed E-state index contributed by atoms with van der Waals surface area (Å²) in [5, 5.41) is 6.61. The van der Waals surface area contributed by atoms with Crippen molar-refractivity contribution in [2.45, 2.75) is 52.6 Å². The predicted octanol–water partition coefficient (Wildman–Crippen LogP) is 1.16. The fourth-order valence-electron chi connectivity index (χ4n) is 1.98. The minimum Gasteiger partial charge on any atom is -0.354 e. The van der Waals surface area contributed by atoms with E-state index in [-0.39, 0.29) is 11.7 Å². The van der Waals surface area contributed by atoms with Crippen molar-refractivity contribution in [1.82, 2.24) is 10.6 Å². The molecule has 1 aliphatic heterocycles. The molecule has 5 nitrogen and oxygen atoms in total. The van der Waals surface area contributed by atoms with Gasteiger partial charge in [-0.05, 0) is 39.5 Å². The second kappa shape index (κ2) is 7.12. The van der Waals surface area contributed by atoms with Gasteiger partial charge in [0.05, 0.1) is 11.5 Å². The van der Waals surface area contributed by atoms with E-state index in [9.17, 15) is 8.42 Å². The summed E-state index contributed by atoms with van der Waals surface area (Å²) >= 11 is 0. The van der Waals surface area contributed by atoms with Crippen LogP contribution in [0.5, 0.6) is 0 Å². The van der Waals surface area contributed by atoms with E-state index in [2.05, 4.69) is 43.3 Å². The highest BCUT2D eigenvalue weighted by Gasteiger charge is 2.27. The molecule has 112 valence electrons. The lowest BCUT2D eigenvalue weighted by Crippen LogP contribution is -2.45. The summed E-state index contributed by atoms with van der Waals surface area (Å²) in [7, 11) is -2.80. The molecule has 0 saturated carbocycles. The molecule has 0 amide bonds. The maximum atomic E-state index is 11.4. The molecule has 0 radical (unpaired) electrons. The monoisotopic (exact) mass is 289 g/mol. The number of nitrogens with one attached hydrogen (secondary N) is 2. The Hall–Kier alpha value is -0.780. The van der Waals surface area contributed by atoms with Crippen molar-refractivity contribution in [3.63, 3.8) is 0 Å². The zero-order chi connectivity index (χ0) is 14.5. The van der Waals surface area contributed by atoms with Crippen LogP contribution in [-0.2, 0) is 9.84 Å². The van der Waals surface area contributed by atoms with Gasteiger partial charge >= 0.3 is 0 Å². The van der Waals surface area contributed by atoms with E-state index in [1.54, 1.807) is 0 Å². The maximum absolute atomic E-state index is 11.4. The Kier molecular flexibility index (Phi) is 6.10. The molecule has 1 fully saturated rings. The van der Waals surface area contributed by atoms with Crippen LogP contribution in [0.3, 0.4) is 0 Å². The average Bonchev–Trinajstić information content (AvgIpc) is 2.65. The molecule has 1 saturated heterocycles. The van der Waals surface area contributed by atoms with Crippen molar-refractivity contribution in [1.29, 1.82) is 0 Å². The van der Waals surface area contributed by atoms with Gasteiger partial charge in [0.1, 0.15) is 0 Å². The van der Waals surface area contributed by atoms with E-state index in [1.165, 1.54) is 0 Å². The molecule has 2 atom stereocenters. The third kappa shape index (κ3) is 6.27. The molecule has 0 aromatic carbocycles. The summed E-state index contributed by atoms with van der Waals surface area (Å²) in [5.41, 5.74) is 0. The smallest absolute Gasteiger partial charge is 0.191 e.